The normalized spacial score (nSPS) is 14.2. The molecule has 0 fully saturated rings. The second-order valence-corrected chi connectivity index (χ2v) is 6.63. The molecule has 3 heteroatoms. The molecule has 98 valence electrons. The molecule has 0 aliphatic carbocycles. The van der Waals surface area contributed by atoms with Crippen LogP contribution in [0.3, 0.4) is 0 Å². The van der Waals surface area contributed by atoms with Crippen molar-refractivity contribution in [1.29, 1.82) is 0 Å². The molecule has 0 aliphatic heterocycles. The van der Waals surface area contributed by atoms with Crippen LogP contribution in [0.2, 0.25) is 0 Å². The summed E-state index contributed by atoms with van der Waals surface area (Å²) in [7, 11) is 0. The Morgan fingerprint density at radius 2 is 2.12 bits per heavy atom. The van der Waals surface area contributed by atoms with Crippen LogP contribution in [0.1, 0.15) is 32.6 Å². The summed E-state index contributed by atoms with van der Waals surface area (Å²) < 4.78 is 0. The smallest absolute Gasteiger partial charge is 0.0473 e. The third kappa shape index (κ3) is 4.41. The molecule has 0 spiro atoms. The first-order valence-corrected chi connectivity index (χ1v) is 7.21. The molecule has 0 amide bonds. The zero-order chi connectivity index (χ0) is 12.9. The predicted molar refractivity (Wildman–Crippen MR) is 75.6 cm³/mol. The van der Waals surface area contributed by atoms with E-state index in [2.05, 4.69) is 50.5 Å². The van der Waals surface area contributed by atoms with Gasteiger partial charge in [-0.1, -0.05) is 33.8 Å². The number of thiophene rings is 1. The Kier molecular flexibility index (Phi) is 5.63. The maximum Gasteiger partial charge on any atom is 0.0473 e. The number of rotatable bonds is 7. The maximum absolute atomic E-state index is 9.27. The third-order valence-corrected chi connectivity index (χ3v) is 4.57. The number of aliphatic hydroxyl groups is 1. The molecule has 1 aromatic heterocycles. The van der Waals surface area contributed by atoms with E-state index in [1.165, 1.54) is 4.88 Å². The Bertz CT molecular complexity index is 306. The van der Waals surface area contributed by atoms with Crippen molar-refractivity contribution in [2.75, 3.05) is 19.7 Å². The van der Waals surface area contributed by atoms with Gasteiger partial charge in [0.2, 0.25) is 0 Å². The largest absolute Gasteiger partial charge is 0.396 e. The van der Waals surface area contributed by atoms with Gasteiger partial charge < -0.3 is 10.4 Å². The highest BCUT2D eigenvalue weighted by Gasteiger charge is 2.22. The van der Waals surface area contributed by atoms with Crippen molar-refractivity contribution in [2.24, 2.45) is 11.8 Å². The van der Waals surface area contributed by atoms with E-state index in [0.717, 1.165) is 13.1 Å². The van der Waals surface area contributed by atoms with E-state index in [1.807, 2.05) is 11.3 Å². The van der Waals surface area contributed by atoms with Gasteiger partial charge in [-0.05, 0) is 23.3 Å². The second-order valence-electron chi connectivity index (χ2n) is 5.68. The van der Waals surface area contributed by atoms with Gasteiger partial charge in [-0.3, -0.25) is 0 Å². The topological polar surface area (TPSA) is 32.3 Å². The fraction of sp³-hybridized carbons (Fsp3) is 0.714. The van der Waals surface area contributed by atoms with Crippen molar-refractivity contribution in [3.8, 4) is 0 Å². The minimum atomic E-state index is 0.172. The highest BCUT2D eigenvalue weighted by molar-refractivity contribution is 7.10. The van der Waals surface area contributed by atoms with Gasteiger partial charge in [0.05, 0.1) is 0 Å². The van der Waals surface area contributed by atoms with E-state index in [0.29, 0.717) is 11.8 Å². The van der Waals surface area contributed by atoms with E-state index < -0.39 is 0 Å². The molecule has 1 heterocycles. The number of nitrogens with one attached hydrogen (secondary N) is 1. The van der Waals surface area contributed by atoms with Crippen molar-refractivity contribution in [1.82, 2.24) is 5.32 Å². The molecule has 17 heavy (non-hydrogen) atoms. The van der Waals surface area contributed by atoms with Gasteiger partial charge in [-0.15, -0.1) is 11.3 Å². The van der Waals surface area contributed by atoms with Crippen LogP contribution >= 0.6 is 11.3 Å². The summed E-state index contributed by atoms with van der Waals surface area (Å²) in [4.78, 5) is 1.41. The average Bonchev–Trinajstić information content (AvgIpc) is 2.77. The monoisotopic (exact) mass is 255 g/mol. The Labute approximate surface area is 109 Å². The highest BCUT2D eigenvalue weighted by atomic mass is 32.1. The van der Waals surface area contributed by atoms with Crippen molar-refractivity contribution in [3.63, 3.8) is 0 Å². The molecule has 0 bridgehead atoms. The molecule has 0 radical (unpaired) electrons. The van der Waals surface area contributed by atoms with E-state index in [4.69, 9.17) is 0 Å². The number of hydrogen-bond donors (Lipinski definition) is 2. The van der Waals surface area contributed by atoms with Crippen molar-refractivity contribution in [2.45, 2.75) is 33.1 Å². The fourth-order valence-electron chi connectivity index (χ4n) is 1.83. The van der Waals surface area contributed by atoms with Gasteiger partial charge in [-0.2, -0.15) is 0 Å². The molecule has 0 saturated carbocycles. The first-order valence-electron chi connectivity index (χ1n) is 6.33. The lowest BCUT2D eigenvalue weighted by atomic mass is 9.90. The summed E-state index contributed by atoms with van der Waals surface area (Å²) in [5.41, 5.74) is 0.172. The first-order chi connectivity index (χ1) is 7.97. The van der Waals surface area contributed by atoms with Gasteiger partial charge in [0, 0.05) is 30.0 Å². The summed E-state index contributed by atoms with van der Waals surface area (Å²) in [6.45, 7) is 11.0. The van der Waals surface area contributed by atoms with Gasteiger partial charge in [-0.25, -0.2) is 0 Å². The first kappa shape index (κ1) is 14.7. The van der Waals surface area contributed by atoms with Crippen molar-refractivity contribution >= 4 is 11.3 Å². The quantitative estimate of drug-likeness (QED) is 0.785. The number of hydrogen-bond acceptors (Lipinski definition) is 3. The lowest BCUT2D eigenvalue weighted by molar-refractivity contribution is 0.184. The summed E-state index contributed by atoms with van der Waals surface area (Å²) in [5, 5.41) is 14.9. The van der Waals surface area contributed by atoms with Gasteiger partial charge >= 0.3 is 0 Å². The zero-order valence-electron chi connectivity index (χ0n) is 11.4. The Morgan fingerprint density at radius 1 is 1.41 bits per heavy atom. The molecule has 1 rings (SSSR count). The second kappa shape index (κ2) is 6.53. The van der Waals surface area contributed by atoms with Crippen molar-refractivity contribution < 1.29 is 5.11 Å². The summed E-state index contributed by atoms with van der Waals surface area (Å²) in [6, 6.07) is 4.30. The van der Waals surface area contributed by atoms with Crippen LogP contribution in [0.25, 0.3) is 0 Å². The molecule has 1 unspecified atom stereocenters. The zero-order valence-corrected chi connectivity index (χ0v) is 12.2. The minimum Gasteiger partial charge on any atom is -0.396 e. The molecule has 0 saturated heterocycles. The van der Waals surface area contributed by atoms with Gasteiger partial charge in [0.25, 0.3) is 0 Å². The Morgan fingerprint density at radius 3 is 2.59 bits per heavy atom. The molecule has 2 nitrogen and oxygen atoms in total. The summed E-state index contributed by atoms with van der Waals surface area (Å²) in [6.07, 6.45) is 0. The van der Waals surface area contributed by atoms with Crippen LogP contribution < -0.4 is 5.32 Å². The Hall–Kier alpha value is -0.380. The fourth-order valence-corrected chi connectivity index (χ4v) is 2.68. The van der Waals surface area contributed by atoms with Gasteiger partial charge in [0.15, 0.2) is 0 Å². The van der Waals surface area contributed by atoms with E-state index >= 15 is 0 Å². The maximum atomic E-state index is 9.27. The molecule has 2 N–H and O–H groups in total. The van der Waals surface area contributed by atoms with Crippen LogP contribution in [-0.2, 0) is 5.41 Å². The molecular formula is C14H25NOS. The van der Waals surface area contributed by atoms with Gasteiger partial charge in [0.1, 0.15) is 0 Å². The van der Waals surface area contributed by atoms with Crippen LogP contribution in [0.5, 0.6) is 0 Å². The van der Waals surface area contributed by atoms with E-state index in [-0.39, 0.29) is 12.0 Å². The average molecular weight is 255 g/mol. The summed E-state index contributed by atoms with van der Waals surface area (Å²) >= 11 is 1.81. The predicted octanol–water partition coefficient (Wildman–Crippen LogP) is 2.88. The SMILES string of the molecule is CC(C)C(CO)CNCC(C)(C)c1cccs1. The minimum absolute atomic E-state index is 0.172. The lowest BCUT2D eigenvalue weighted by Gasteiger charge is -2.26. The Balaban J connectivity index is 2.40. The third-order valence-electron chi connectivity index (χ3n) is 3.34. The lowest BCUT2D eigenvalue weighted by Crippen LogP contribution is -2.37. The van der Waals surface area contributed by atoms with E-state index in [9.17, 15) is 5.11 Å². The van der Waals surface area contributed by atoms with E-state index in [1.54, 1.807) is 0 Å². The molecule has 0 aromatic carbocycles. The van der Waals surface area contributed by atoms with Crippen LogP contribution in [-0.4, -0.2) is 24.8 Å². The van der Waals surface area contributed by atoms with Crippen LogP contribution in [0.15, 0.2) is 17.5 Å². The molecule has 1 aromatic rings. The number of aliphatic hydroxyl groups excluding tert-OH is 1. The highest BCUT2D eigenvalue weighted by Crippen LogP contribution is 2.26. The molecule has 0 aliphatic rings. The molecular weight excluding hydrogens is 230 g/mol. The van der Waals surface area contributed by atoms with Crippen molar-refractivity contribution in [3.05, 3.63) is 22.4 Å². The standard InChI is InChI=1S/C14H25NOS/c1-11(2)12(9-16)8-15-10-14(3,4)13-6-5-7-17-13/h5-7,11-12,15-16H,8-10H2,1-4H3. The summed E-state index contributed by atoms with van der Waals surface area (Å²) in [5.74, 6) is 0.881. The van der Waals surface area contributed by atoms with Crippen LogP contribution in [0.4, 0.5) is 0 Å². The van der Waals surface area contributed by atoms with Crippen LogP contribution in [0, 0.1) is 11.8 Å². The molecule has 1 atom stereocenters.